The van der Waals surface area contributed by atoms with Gasteiger partial charge in [-0.3, -0.25) is 9.11 Å². The average Bonchev–Trinajstić information content (AvgIpc) is 1.36. The van der Waals surface area contributed by atoms with Gasteiger partial charge in [0.1, 0.15) is 0 Å². The molecule has 0 saturated heterocycles. The Balaban J connectivity index is -0.0000000750. The van der Waals surface area contributed by atoms with Crippen molar-refractivity contribution in [2.45, 2.75) is 0 Å². The summed E-state index contributed by atoms with van der Waals surface area (Å²) in [4.78, 5) is 0. The molecule has 0 aliphatic carbocycles. The smallest absolute Gasteiger partial charge is 0 e. The fourth-order valence-corrected chi connectivity index (χ4v) is 0. The van der Waals surface area contributed by atoms with Gasteiger partial charge in [0.15, 0.2) is 0 Å². The summed E-state index contributed by atoms with van der Waals surface area (Å²) in [6.07, 6.45) is 0. The van der Waals surface area contributed by atoms with E-state index in [4.69, 9.17) is 27.2 Å². The molecule has 0 saturated carbocycles. The van der Waals surface area contributed by atoms with E-state index in [0.29, 0.717) is 0 Å². The SMILES string of the molecule is O=S(=O)(O)O.[Cl][Zn].[Zn]. The zero-order valence-corrected chi connectivity index (χ0v) is 11.4. The number of rotatable bonds is 0. The van der Waals surface area contributed by atoms with Gasteiger partial charge in [-0.1, -0.05) is 0 Å². The van der Waals surface area contributed by atoms with E-state index in [-0.39, 0.29) is 19.5 Å². The Morgan fingerprint density at radius 1 is 1.25 bits per heavy atom. The number of halogens is 1. The molecule has 0 aliphatic rings. The van der Waals surface area contributed by atoms with E-state index in [1.165, 1.54) is 0 Å². The number of hydrogen-bond donors (Lipinski definition) is 2. The molecule has 8 heteroatoms. The van der Waals surface area contributed by atoms with Crippen molar-refractivity contribution in [2.24, 2.45) is 0 Å². The van der Waals surface area contributed by atoms with Crippen LogP contribution in [0.2, 0.25) is 0 Å². The molecule has 2 N–H and O–H groups in total. The van der Waals surface area contributed by atoms with Crippen LogP contribution in [0.5, 0.6) is 0 Å². The molecule has 0 atom stereocenters. The average molecular weight is 264 g/mol. The molecular formula is H2ClO4SZn2. The van der Waals surface area contributed by atoms with Crippen molar-refractivity contribution >= 4 is 20.1 Å². The first-order valence-corrected chi connectivity index (χ1v) is 6.26. The molecule has 43 valence electrons. The predicted octanol–water partition coefficient (Wildman–Crippen LogP) is 0.0317. The van der Waals surface area contributed by atoms with Crippen LogP contribution in [0.25, 0.3) is 0 Å². The molecule has 0 rings (SSSR count). The summed E-state index contributed by atoms with van der Waals surface area (Å²) in [6.45, 7) is 0. The van der Waals surface area contributed by atoms with Crippen LogP contribution in [0.4, 0.5) is 0 Å². The zero-order valence-electron chi connectivity index (χ0n) is 3.91. The summed E-state index contributed by atoms with van der Waals surface area (Å²) in [5.74, 6) is 0. The molecule has 0 aromatic heterocycles. The second kappa shape index (κ2) is 8.41. The second-order valence-corrected chi connectivity index (χ2v) is 1.34. The van der Waals surface area contributed by atoms with Gasteiger partial charge in [0.25, 0.3) is 0 Å². The monoisotopic (exact) mass is 261 g/mol. The fraction of sp³-hybridized carbons (Fsp3) is 0. The molecule has 0 radical (unpaired) electrons. The minimum atomic E-state index is -4.67. The minimum absolute atomic E-state index is 0. The van der Waals surface area contributed by atoms with Gasteiger partial charge in [-0.15, -0.1) is 0 Å². The molecule has 0 fully saturated rings. The standard InChI is InChI=1S/ClH.H2O4S.2Zn/c;1-5(2,3)4;;/h1H;(H2,1,2,3,4);;/q;;;+1/p-1. The van der Waals surface area contributed by atoms with E-state index in [9.17, 15) is 0 Å². The maximum atomic E-state index is 8.74. The molecule has 0 aromatic rings. The minimum Gasteiger partial charge on any atom is 0 e. The molecule has 0 heterocycles. The van der Waals surface area contributed by atoms with Gasteiger partial charge in [-0.2, -0.15) is 8.42 Å². The zero-order chi connectivity index (χ0) is 6.50. The van der Waals surface area contributed by atoms with Crippen molar-refractivity contribution in [3.63, 3.8) is 0 Å². The second-order valence-electron chi connectivity index (χ2n) is 0.448. The third kappa shape index (κ3) is 154. The normalized spacial score (nSPS) is 8.12. The van der Waals surface area contributed by atoms with Crippen LogP contribution in [-0.2, 0) is 47.2 Å². The van der Waals surface area contributed by atoms with Gasteiger partial charge in [0.05, 0.1) is 0 Å². The van der Waals surface area contributed by atoms with E-state index < -0.39 is 10.4 Å². The summed E-state index contributed by atoms with van der Waals surface area (Å²) in [5, 5.41) is 0. The molecule has 0 aromatic carbocycles. The molecular weight excluding hydrogens is 262 g/mol. The quantitative estimate of drug-likeness (QED) is 0.478. The third-order valence-corrected chi connectivity index (χ3v) is 0. The molecule has 4 nitrogen and oxygen atoms in total. The molecule has 8 heavy (non-hydrogen) atoms. The van der Waals surface area contributed by atoms with Crippen molar-refractivity contribution < 1.29 is 54.3 Å². The van der Waals surface area contributed by atoms with Gasteiger partial charge in [-0.25, -0.2) is 0 Å². The van der Waals surface area contributed by atoms with E-state index in [1.54, 1.807) is 0 Å². The van der Waals surface area contributed by atoms with Crippen molar-refractivity contribution in [1.29, 1.82) is 0 Å². The van der Waals surface area contributed by atoms with Crippen LogP contribution in [0.15, 0.2) is 0 Å². The van der Waals surface area contributed by atoms with E-state index >= 15 is 0 Å². The Bertz CT molecular complexity index is 97.2. The van der Waals surface area contributed by atoms with E-state index in [0.717, 1.165) is 17.3 Å². The maximum absolute atomic E-state index is 8.74. The summed E-state index contributed by atoms with van der Waals surface area (Å²) >= 11 is 0.847. The van der Waals surface area contributed by atoms with Crippen LogP contribution < -0.4 is 0 Å². The van der Waals surface area contributed by atoms with Crippen LogP contribution in [0, 0.1) is 0 Å². The summed E-state index contributed by atoms with van der Waals surface area (Å²) < 4.78 is 31.6. The van der Waals surface area contributed by atoms with Crippen LogP contribution in [0.1, 0.15) is 0 Å². The summed E-state index contributed by atoms with van der Waals surface area (Å²) in [7, 11) is 0.0972. The van der Waals surface area contributed by atoms with Crippen molar-refractivity contribution in [3.8, 4) is 0 Å². The molecule has 0 spiro atoms. The Morgan fingerprint density at radius 2 is 1.25 bits per heavy atom. The fourth-order valence-electron chi connectivity index (χ4n) is 0. The largest absolute Gasteiger partial charge is 0 e. The summed E-state index contributed by atoms with van der Waals surface area (Å²) in [5.41, 5.74) is 0. The first-order valence-electron chi connectivity index (χ1n) is 0.966. The number of hydrogen-bond acceptors (Lipinski definition) is 2. The Labute approximate surface area is 74.0 Å². The van der Waals surface area contributed by atoms with Gasteiger partial charge in [0, 0.05) is 19.5 Å². The first-order chi connectivity index (χ1) is 3.00. The van der Waals surface area contributed by atoms with Crippen molar-refractivity contribution in [2.75, 3.05) is 0 Å². The first kappa shape index (κ1) is 16.2. The Morgan fingerprint density at radius 3 is 1.25 bits per heavy atom. The molecule has 0 bridgehead atoms. The van der Waals surface area contributed by atoms with Crippen molar-refractivity contribution in [1.82, 2.24) is 0 Å². The van der Waals surface area contributed by atoms with Crippen LogP contribution in [-0.4, -0.2) is 17.5 Å². The topological polar surface area (TPSA) is 74.6 Å². The Kier molecular flexibility index (Phi) is 17.0. The Hall–Kier alpha value is 1.41. The molecule has 0 unspecified atom stereocenters. The molecule has 0 amide bonds. The van der Waals surface area contributed by atoms with Gasteiger partial charge < -0.3 is 0 Å². The third-order valence-electron chi connectivity index (χ3n) is 0. The van der Waals surface area contributed by atoms with Crippen LogP contribution >= 0.6 is 9.69 Å². The van der Waals surface area contributed by atoms with Gasteiger partial charge >= 0.3 is 37.4 Å². The predicted molar refractivity (Wildman–Crippen MR) is 20.0 cm³/mol. The van der Waals surface area contributed by atoms with E-state index in [1.807, 2.05) is 0 Å². The maximum Gasteiger partial charge on any atom is 0 e. The van der Waals surface area contributed by atoms with Gasteiger partial charge in [0.2, 0.25) is 0 Å². The van der Waals surface area contributed by atoms with E-state index in [2.05, 4.69) is 0 Å². The van der Waals surface area contributed by atoms with Gasteiger partial charge in [-0.05, 0) is 0 Å². The summed E-state index contributed by atoms with van der Waals surface area (Å²) in [6, 6.07) is 0. The molecule has 0 aliphatic heterocycles. The van der Waals surface area contributed by atoms with Crippen molar-refractivity contribution in [3.05, 3.63) is 0 Å². The van der Waals surface area contributed by atoms with Crippen LogP contribution in [0.3, 0.4) is 0 Å².